The zero-order valence-corrected chi connectivity index (χ0v) is 19.3. The van der Waals surface area contributed by atoms with Crippen LogP contribution < -0.4 is 29.7 Å². The maximum Gasteiger partial charge on any atom is 0.324 e. The monoisotopic (exact) mass is 458 g/mol. The zero-order valence-electron chi connectivity index (χ0n) is 19.3. The Labute approximate surface area is 192 Å². The fraction of sp³-hybridized carbons (Fsp3) is 0.500. The quantitative estimate of drug-likeness (QED) is 0.559. The first-order chi connectivity index (χ1) is 15.9. The Morgan fingerprint density at radius 1 is 1.06 bits per heavy atom. The zero-order chi connectivity index (χ0) is 23.8. The highest BCUT2D eigenvalue weighted by atomic mass is 16.5. The number of ether oxygens (including phenoxy) is 3. The third-order valence-electron chi connectivity index (χ3n) is 5.34. The Balaban J connectivity index is 1.60. The first kappa shape index (κ1) is 24.0. The van der Waals surface area contributed by atoms with Gasteiger partial charge in [-0.2, -0.15) is 9.97 Å². The van der Waals surface area contributed by atoms with E-state index < -0.39 is 6.04 Å². The van der Waals surface area contributed by atoms with E-state index >= 15 is 0 Å². The minimum Gasteiger partial charge on any atom is -0.497 e. The van der Waals surface area contributed by atoms with Gasteiger partial charge in [0, 0.05) is 32.5 Å². The maximum absolute atomic E-state index is 13.0. The molecular weight excluding hydrogens is 428 g/mol. The van der Waals surface area contributed by atoms with E-state index in [1.807, 2.05) is 29.2 Å². The van der Waals surface area contributed by atoms with Crippen molar-refractivity contribution < 1.29 is 23.8 Å². The highest BCUT2D eigenvalue weighted by Crippen LogP contribution is 2.20. The second-order valence-electron chi connectivity index (χ2n) is 7.69. The molecule has 2 N–H and O–H groups in total. The molecule has 1 aliphatic rings. The Morgan fingerprint density at radius 2 is 1.73 bits per heavy atom. The molecule has 2 amide bonds. The van der Waals surface area contributed by atoms with Gasteiger partial charge in [0.2, 0.25) is 17.8 Å². The van der Waals surface area contributed by atoms with Gasteiger partial charge in [0.25, 0.3) is 0 Å². The summed E-state index contributed by atoms with van der Waals surface area (Å²) < 4.78 is 15.5. The number of benzene rings is 1. The second kappa shape index (κ2) is 11.3. The first-order valence-corrected chi connectivity index (χ1v) is 10.7. The number of hydrogen-bond acceptors (Lipinski definition) is 9. The lowest BCUT2D eigenvalue weighted by Crippen LogP contribution is -2.52. The molecule has 11 heteroatoms. The summed E-state index contributed by atoms with van der Waals surface area (Å²) in [5.41, 5.74) is 0.899. The van der Waals surface area contributed by atoms with Crippen molar-refractivity contribution in [1.82, 2.24) is 25.6 Å². The molecule has 33 heavy (non-hydrogen) atoms. The van der Waals surface area contributed by atoms with Crippen LogP contribution in [0.2, 0.25) is 0 Å². The van der Waals surface area contributed by atoms with Crippen LogP contribution in [0.15, 0.2) is 24.3 Å². The van der Waals surface area contributed by atoms with Gasteiger partial charge >= 0.3 is 12.0 Å². The molecule has 3 rings (SSSR count). The normalized spacial score (nSPS) is 14.8. The summed E-state index contributed by atoms with van der Waals surface area (Å²) in [5, 5.41) is 5.83. The Bertz CT molecular complexity index is 942. The van der Waals surface area contributed by atoms with Gasteiger partial charge in [-0.25, -0.2) is 0 Å². The lowest BCUT2D eigenvalue weighted by Gasteiger charge is -2.33. The second-order valence-corrected chi connectivity index (χ2v) is 7.69. The minimum atomic E-state index is -0.676. The van der Waals surface area contributed by atoms with Gasteiger partial charge in [0.15, 0.2) is 0 Å². The number of carbonyl (C=O) groups is 2. The number of piperidine rings is 1. The molecule has 1 saturated heterocycles. The fourth-order valence-electron chi connectivity index (χ4n) is 3.67. The molecule has 1 aliphatic heterocycles. The summed E-state index contributed by atoms with van der Waals surface area (Å²) in [6, 6.07) is 7.12. The number of nitrogens with zero attached hydrogens (tertiary/aromatic N) is 4. The molecule has 1 fully saturated rings. The van der Waals surface area contributed by atoms with Crippen molar-refractivity contribution in [2.24, 2.45) is 0 Å². The van der Waals surface area contributed by atoms with Gasteiger partial charge in [-0.05, 0) is 30.5 Å². The van der Waals surface area contributed by atoms with Crippen LogP contribution in [-0.4, -0.2) is 73.3 Å². The molecule has 0 spiro atoms. The molecule has 2 aromatic rings. The summed E-state index contributed by atoms with van der Waals surface area (Å²) in [6.07, 6.45) is 1.77. The fourth-order valence-corrected chi connectivity index (χ4v) is 3.67. The van der Waals surface area contributed by atoms with E-state index in [1.165, 1.54) is 21.1 Å². The Hall–Kier alpha value is -3.63. The standard InChI is InChI=1S/C22H30N6O5/c1-14(29)23-18(13-15-6-5-7-17(12-15)31-2)19(30)24-16-8-10-28(11-9-16)20-25-21(32-3)27-22(26-20)33-4/h5-7,12,16,18H,8-11,13H2,1-4H3,(H,23,29)(H,24,30)/t18-/m1/s1. The molecule has 0 aliphatic carbocycles. The number of methoxy groups -OCH3 is 3. The Morgan fingerprint density at radius 3 is 2.30 bits per heavy atom. The molecular formula is C22H30N6O5. The van der Waals surface area contributed by atoms with Gasteiger partial charge < -0.3 is 29.7 Å². The van der Waals surface area contributed by atoms with Crippen molar-refractivity contribution in [3.05, 3.63) is 29.8 Å². The molecule has 178 valence electrons. The predicted molar refractivity (Wildman–Crippen MR) is 121 cm³/mol. The van der Waals surface area contributed by atoms with E-state index in [-0.39, 0.29) is 29.9 Å². The third kappa shape index (κ3) is 6.67. The molecule has 0 saturated carbocycles. The number of hydrogen-bond donors (Lipinski definition) is 2. The van der Waals surface area contributed by atoms with Crippen LogP contribution in [0.3, 0.4) is 0 Å². The van der Waals surface area contributed by atoms with Gasteiger partial charge in [-0.3, -0.25) is 9.59 Å². The summed E-state index contributed by atoms with van der Waals surface area (Å²) in [5.74, 6) is 0.701. The van der Waals surface area contributed by atoms with Gasteiger partial charge in [-0.15, -0.1) is 4.98 Å². The van der Waals surface area contributed by atoms with Crippen molar-refractivity contribution in [2.45, 2.75) is 38.3 Å². The molecule has 0 radical (unpaired) electrons. The SMILES string of the molecule is COc1cccc(C[C@@H](NC(C)=O)C(=O)NC2CCN(c3nc(OC)nc(OC)n3)CC2)c1. The molecule has 2 heterocycles. The number of nitrogens with one attached hydrogen (secondary N) is 2. The van der Waals surface area contributed by atoms with E-state index in [1.54, 1.807) is 7.11 Å². The van der Waals surface area contributed by atoms with Crippen LogP contribution in [0, 0.1) is 0 Å². The van der Waals surface area contributed by atoms with Gasteiger partial charge in [0.1, 0.15) is 11.8 Å². The minimum absolute atomic E-state index is 0.0269. The van der Waals surface area contributed by atoms with Gasteiger partial charge in [-0.1, -0.05) is 12.1 Å². The molecule has 11 nitrogen and oxygen atoms in total. The smallest absolute Gasteiger partial charge is 0.324 e. The molecule has 0 unspecified atom stereocenters. The number of anilines is 1. The van der Waals surface area contributed by atoms with E-state index in [0.717, 1.165) is 5.56 Å². The molecule has 1 aromatic heterocycles. The van der Waals surface area contributed by atoms with Crippen LogP contribution in [0.4, 0.5) is 5.95 Å². The van der Waals surface area contributed by atoms with Crippen molar-refractivity contribution in [1.29, 1.82) is 0 Å². The number of amides is 2. The highest BCUT2D eigenvalue weighted by Gasteiger charge is 2.27. The number of carbonyl (C=O) groups excluding carboxylic acids is 2. The average molecular weight is 459 g/mol. The lowest BCUT2D eigenvalue weighted by atomic mass is 10.0. The van der Waals surface area contributed by atoms with Gasteiger partial charge in [0.05, 0.1) is 21.3 Å². The van der Waals surface area contributed by atoms with Crippen LogP contribution in [0.1, 0.15) is 25.3 Å². The van der Waals surface area contributed by atoms with E-state index in [0.29, 0.717) is 44.0 Å². The summed E-state index contributed by atoms with van der Waals surface area (Å²) >= 11 is 0. The van der Waals surface area contributed by atoms with E-state index in [9.17, 15) is 9.59 Å². The maximum atomic E-state index is 13.0. The van der Waals surface area contributed by atoms with Crippen molar-refractivity contribution in [3.8, 4) is 17.8 Å². The van der Waals surface area contributed by atoms with Crippen molar-refractivity contribution in [3.63, 3.8) is 0 Å². The molecule has 0 bridgehead atoms. The lowest BCUT2D eigenvalue weighted by molar-refractivity contribution is -0.128. The van der Waals surface area contributed by atoms with E-state index in [4.69, 9.17) is 14.2 Å². The van der Waals surface area contributed by atoms with Crippen LogP contribution in [-0.2, 0) is 16.0 Å². The van der Waals surface area contributed by atoms with Crippen LogP contribution in [0.25, 0.3) is 0 Å². The average Bonchev–Trinajstić information content (AvgIpc) is 2.83. The third-order valence-corrected chi connectivity index (χ3v) is 5.34. The molecule has 1 atom stereocenters. The highest BCUT2D eigenvalue weighted by molar-refractivity contribution is 5.87. The van der Waals surface area contributed by atoms with Crippen molar-refractivity contribution in [2.75, 3.05) is 39.3 Å². The summed E-state index contributed by atoms with van der Waals surface area (Å²) in [7, 11) is 4.56. The summed E-state index contributed by atoms with van der Waals surface area (Å²) in [4.78, 5) is 39.3. The van der Waals surface area contributed by atoms with E-state index in [2.05, 4.69) is 25.6 Å². The van der Waals surface area contributed by atoms with Crippen LogP contribution in [0.5, 0.6) is 17.8 Å². The van der Waals surface area contributed by atoms with Crippen LogP contribution >= 0.6 is 0 Å². The number of rotatable bonds is 9. The predicted octanol–water partition coefficient (Wildman–Crippen LogP) is 0.730. The topological polar surface area (TPSA) is 128 Å². The molecule has 1 aromatic carbocycles. The summed E-state index contributed by atoms with van der Waals surface area (Å²) in [6.45, 7) is 2.69. The Kier molecular flexibility index (Phi) is 8.22. The van der Waals surface area contributed by atoms with Crippen molar-refractivity contribution >= 4 is 17.8 Å². The largest absolute Gasteiger partial charge is 0.497 e. The first-order valence-electron chi connectivity index (χ1n) is 10.7. The number of aromatic nitrogens is 3.